The predicted molar refractivity (Wildman–Crippen MR) is 79.2 cm³/mol. The summed E-state index contributed by atoms with van der Waals surface area (Å²) in [6.07, 6.45) is 2.88. The molecule has 0 amide bonds. The van der Waals surface area contributed by atoms with Gasteiger partial charge in [0.15, 0.2) is 0 Å². The van der Waals surface area contributed by atoms with E-state index in [4.69, 9.17) is 4.42 Å². The summed E-state index contributed by atoms with van der Waals surface area (Å²) in [5.41, 5.74) is 1.62. The van der Waals surface area contributed by atoms with Crippen molar-refractivity contribution < 1.29 is 9.34 Å². The summed E-state index contributed by atoms with van der Waals surface area (Å²) in [4.78, 5) is 18.3. The summed E-state index contributed by atoms with van der Waals surface area (Å²) in [6, 6.07) is 8.18. The minimum atomic E-state index is -0.422. The van der Waals surface area contributed by atoms with Gasteiger partial charge in [-0.25, -0.2) is 10.1 Å². The number of nitro groups is 1. The summed E-state index contributed by atoms with van der Waals surface area (Å²) in [5, 5.41) is 17.0. The van der Waals surface area contributed by atoms with Gasteiger partial charge in [-0.2, -0.15) is 10.1 Å². The Balaban J connectivity index is 1.86. The van der Waals surface area contributed by atoms with Crippen molar-refractivity contribution in [2.24, 2.45) is 4.99 Å². The SMILES string of the molecule is Cc1cc([N+](=O)[O-])ccc1-c1ccc(C=Nc2ncn[nH]2)o1. The Hall–Kier alpha value is -3.29. The lowest BCUT2D eigenvalue weighted by atomic mass is 10.1. The van der Waals surface area contributed by atoms with Crippen LogP contribution in [0.4, 0.5) is 11.6 Å². The van der Waals surface area contributed by atoms with Crippen molar-refractivity contribution in [2.45, 2.75) is 6.92 Å². The molecule has 0 bridgehead atoms. The van der Waals surface area contributed by atoms with Crippen LogP contribution in [0.5, 0.6) is 0 Å². The van der Waals surface area contributed by atoms with Gasteiger partial charge in [-0.05, 0) is 30.7 Å². The zero-order valence-electron chi connectivity index (χ0n) is 11.6. The Morgan fingerprint density at radius 3 is 2.91 bits per heavy atom. The summed E-state index contributed by atoms with van der Waals surface area (Å²) in [5.74, 6) is 1.54. The third kappa shape index (κ3) is 2.75. The largest absolute Gasteiger partial charge is 0.455 e. The van der Waals surface area contributed by atoms with Crippen molar-refractivity contribution in [1.82, 2.24) is 15.2 Å². The van der Waals surface area contributed by atoms with Crippen molar-refractivity contribution in [3.05, 3.63) is 58.1 Å². The van der Waals surface area contributed by atoms with E-state index in [1.54, 1.807) is 25.1 Å². The molecule has 0 spiro atoms. The first-order valence-electron chi connectivity index (χ1n) is 6.38. The lowest BCUT2D eigenvalue weighted by Gasteiger charge is -2.02. The van der Waals surface area contributed by atoms with Crippen LogP contribution in [0.25, 0.3) is 11.3 Å². The van der Waals surface area contributed by atoms with E-state index >= 15 is 0 Å². The molecule has 22 heavy (non-hydrogen) atoms. The zero-order valence-corrected chi connectivity index (χ0v) is 11.6. The topological polar surface area (TPSA) is 110 Å². The molecule has 0 fully saturated rings. The van der Waals surface area contributed by atoms with Gasteiger partial charge in [0.05, 0.1) is 11.1 Å². The van der Waals surface area contributed by atoms with Crippen molar-refractivity contribution in [3.63, 3.8) is 0 Å². The number of nitrogens with zero attached hydrogens (tertiary/aromatic N) is 4. The van der Waals surface area contributed by atoms with Gasteiger partial charge in [-0.3, -0.25) is 10.1 Å². The fraction of sp³-hybridized carbons (Fsp3) is 0.0714. The quantitative estimate of drug-likeness (QED) is 0.452. The number of aromatic amines is 1. The van der Waals surface area contributed by atoms with E-state index in [0.29, 0.717) is 17.5 Å². The minimum absolute atomic E-state index is 0.0555. The fourth-order valence-corrected chi connectivity index (χ4v) is 1.99. The standard InChI is InChI=1S/C14H11N5O3/c1-9-6-10(19(20)21)2-4-12(9)13-5-3-11(22-13)7-15-14-16-8-17-18-14/h2-8H,1H3,(H,16,17,18). The first-order valence-corrected chi connectivity index (χ1v) is 6.38. The van der Waals surface area contributed by atoms with Crippen LogP contribution >= 0.6 is 0 Å². The van der Waals surface area contributed by atoms with E-state index in [1.165, 1.54) is 24.7 Å². The summed E-state index contributed by atoms with van der Waals surface area (Å²) >= 11 is 0. The molecule has 1 N–H and O–H groups in total. The molecule has 0 saturated heterocycles. The van der Waals surface area contributed by atoms with Crippen LogP contribution in [0.2, 0.25) is 0 Å². The van der Waals surface area contributed by atoms with E-state index < -0.39 is 4.92 Å². The van der Waals surface area contributed by atoms with Crippen molar-refractivity contribution in [1.29, 1.82) is 0 Å². The summed E-state index contributed by atoms with van der Waals surface area (Å²) < 4.78 is 5.67. The highest BCUT2D eigenvalue weighted by Gasteiger charge is 2.11. The maximum absolute atomic E-state index is 10.8. The second-order valence-corrected chi connectivity index (χ2v) is 4.53. The molecule has 2 aromatic heterocycles. The number of hydrogen-bond acceptors (Lipinski definition) is 6. The molecule has 3 rings (SSSR count). The predicted octanol–water partition coefficient (Wildman–Crippen LogP) is 3.03. The summed E-state index contributed by atoms with van der Waals surface area (Å²) in [6.45, 7) is 1.80. The molecule has 0 atom stereocenters. The van der Waals surface area contributed by atoms with Crippen LogP contribution < -0.4 is 0 Å². The van der Waals surface area contributed by atoms with E-state index in [9.17, 15) is 10.1 Å². The van der Waals surface area contributed by atoms with Crippen molar-refractivity contribution >= 4 is 17.9 Å². The van der Waals surface area contributed by atoms with Crippen LogP contribution in [0.1, 0.15) is 11.3 Å². The highest BCUT2D eigenvalue weighted by Crippen LogP contribution is 2.28. The summed E-state index contributed by atoms with van der Waals surface area (Å²) in [7, 11) is 0. The smallest absolute Gasteiger partial charge is 0.269 e. The second kappa shape index (κ2) is 5.60. The maximum atomic E-state index is 10.8. The number of aryl methyl sites for hydroxylation is 1. The molecule has 0 unspecified atom stereocenters. The van der Waals surface area contributed by atoms with Gasteiger partial charge in [-0.1, -0.05) is 0 Å². The van der Waals surface area contributed by atoms with Gasteiger partial charge in [0.1, 0.15) is 17.8 Å². The Kier molecular flexibility index (Phi) is 3.48. The van der Waals surface area contributed by atoms with Gasteiger partial charge in [0.2, 0.25) is 5.95 Å². The molecular formula is C14H11N5O3. The maximum Gasteiger partial charge on any atom is 0.269 e. The van der Waals surface area contributed by atoms with Crippen molar-refractivity contribution in [3.8, 4) is 11.3 Å². The Bertz CT molecular complexity index is 836. The van der Waals surface area contributed by atoms with E-state index in [-0.39, 0.29) is 5.69 Å². The van der Waals surface area contributed by atoms with Crippen LogP contribution in [0.3, 0.4) is 0 Å². The molecular weight excluding hydrogens is 286 g/mol. The molecule has 2 heterocycles. The molecule has 8 heteroatoms. The Labute approximate surface area is 124 Å². The van der Waals surface area contributed by atoms with E-state index in [0.717, 1.165) is 11.1 Å². The first-order chi connectivity index (χ1) is 10.6. The van der Waals surface area contributed by atoms with Crippen LogP contribution in [0, 0.1) is 17.0 Å². The molecule has 1 aromatic carbocycles. The molecule has 110 valence electrons. The molecule has 8 nitrogen and oxygen atoms in total. The van der Waals surface area contributed by atoms with Crippen LogP contribution in [0.15, 0.2) is 46.1 Å². The molecule has 0 aliphatic heterocycles. The highest BCUT2D eigenvalue weighted by molar-refractivity contribution is 5.79. The molecule has 3 aromatic rings. The Morgan fingerprint density at radius 2 is 2.23 bits per heavy atom. The monoisotopic (exact) mass is 297 g/mol. The number of nitrogens with one attached hydrogen (secondary N) is 1. The molecule has 0 aliphatic carbocycles. The van der Waals surface area contributed by atoms with Gasteiger partial charge in [-0.15, -0.1) is 0 Å². The number of rotatable bonds is 4. The average molecular weight is 297 g/mol. The number of H-pyrrole nitrogens is 1. The lowest BCUT2D eigenvalue weighted by Crippen LogP contribution is -1.89. The first kappa shape index (κ1) is 13.7. The van der Waals surface area contributed by atoms with Crippen LogP contribution in [-0.4, -0.2) is 26.3 Å². The van der Waals surface area contributed by atoms with E-state index in [2.05, 4.69) is 20.2 Å². The van der Waals surface area contributed by atoms with Gasteiger partial charge < -0.3 is 4.42 Å². The van der Waals surface area contributed by atoms with Crippen molar-refractivity contribution in [2.75, 3.05) is 0 Å². The van der Waals surface area contributed by atoms with Gasteiger partial charge in [0.25, 0.3) is 5.69 Å². The van der Waals surface area contributed by atoms with E-state index in [1.807, 2.05) is 0 Å². The normalized spacial score (nSPS) is 11.1. The number of benzene rings is 1. The number of aliphatic imine (C=N–C) groups is 1. The molecule has 0 saturated carbocycles. The highest BCUT2D eigenvalue weighted by atomic mass is 16.6. The third-order valence-electron chi connectivity index (χ3n) is 3.03. The number of nitro benzene ring substituents is 1. The van der Waals surface area contributed by atoms with Gasteiger partial charge in [0, 0.05) is 17.7 Å². The average Bonchev–Trinajstić information content (AvgIpc) is 3.16. The second-order valence-electron chi connectivity index (χ2n) is 4.53. The third-order valence-corrected chi connectivity index (χ3v) is 3.03. The molecule has 0 radical (unpaired) electrons. The Morgan fingerprint density at radius 1 is 1.36 bits per heavy atom. The lowest BCUT2D eigenvalue weighted by molar-refractivity contribution is -0.384. The fourth-order valence-electron chi connectivity index (χ4n) is 1.99. The molecule has 0 aliphatic rings. The number of aromatic nitrogens is 3. The zero-order chi connectivity index (χ0) is 15.5. The number of hydrogen-bond donors (Lipinski definition) is 1. The number of furan rings is 1. The number of non-ortho nitro benzene ring substituents is 1. The van der Waals surface area contributed by atoms with Crippen LogP contribution in [-0.2, 0) is 0 Å². The minimum Gasteiger partial charge on any atom is -0.455 e. The van der Waals surface area contributed by atoms with Gasteiger partial charge >= 0.3 is 0 Å².